The number of rotatable bonds is 9. The summed E-state index contributed by atoms with van der Waals surface area (Å²) in [6, 6.07) is 0.335. The van der Waals surface area contributed by atoms with E-state index in [0.29, 0.717) is 16.9 Å². The van der Waals surface area contributed by atoms with Crippen molar-refractivity contribution in [3.05, 3.63) is 11.2 Å². The lowest BCUT2D eigenvalue weighted by molar-refractivity contribution is 0.380. The van der Waals surface area contributed by atoms with Gasteiger partial charge in [-0.25, -0.2) is 4.98 Å². The van der Waals surface area contributed by atoms with Crippen molar-refractivity contribution >= 4 is 29.2 Å². The number of nitrogens with one attached hydrogen (secondary N) is 1. The number of methoxy groups -OCH3 is 1. The maximum atomic E-state index is 5.99. The van der Waals surface area contributed by atoms with Crippen molar-refractivity contribution in [1.82, 2.24) is 9.97 Å². The molecule has 0 saturated heterocycles. The maximum absolute atomic E-state index is 5.99. The van der Waals surface area contributed by atoms with Crippen molar-refractivity contribution in [1.29, 1.82) is 0 Å². The molecule has 6 heteroatoms. The number of nitrogens with zero attached hydrogens (tertiary/aromatic N) is 2. The van der Waals surface area contributed by atoms with Gasteiger partial charge in [0.15, 0.2) is 5.82 Å². The fraction of sp³-hybridized carbons (Fsp3) is 0.667. The molecule has 18 heavy (non-hydrogen) atoms. The van der Waals surface area contributed by atoms with Gasteiger partial charge in [0.1, 0.15) is 5.02 Å². The monoisotopic (exact) mass is 289 g/mol. The summed E-state index contributed by atoms with van der Waals surface area (Å²) in [4.78, 5) is 8.09. The highest BCUT2D eigenvalue weighted by Gasteiger charge is 2.04. The Kier molecular flexibility index (Phi) is 7.93. The lowest BCUT2D eigenvalue weighted by Crippen LogP contribution is -2.05. The normalized spacial score (nSPS) is 10.4. The minimum atomic E-state index is 0.335. The third-order valence-electron chi connectivity index (χ3n) is 2.47. The van der Waals surface area contributed by atoms with Crippen LogP contribution in [0.1, 0.15) is 25.7 Å². The molecule has 0 atom stereocenters. The Morgan fingerprint density at radius 2 is 2.11 bits per heavy atom. The largest absolute Gasteiger partial charge is 0.467 e. The van der Waals surface area contributed by atoms with Gasteiger partial charge in [0, 0.05) is 6.54 Å². The quantitative estimate of drug-likeness (QED) is 0.705. The second kappa shape index (κ2) is 9.28. The average Bonchev–Trinajstić information content (AvgIpc) is 2.39. The topological polar surface area (TPSA) is 47.0 Å². The van der Waals surface area contributed by atoms with Crippen molar-refractivity contribution in [3.8, 4) is 6.01 Å². The molecule has 1 rings (SSSR count). The van der Waals surface area contributed by atoms with Crippen LogP contribution in [-0.4, -0.2) is 35.6 Å². The molecule has 0 aromatic carbocycles. The number of thioether (sulfide) groups is 1. The molecule has 0 aliphatic carbocycles. The van der Waals surface area contributed by atoms with E-state index in [1.165, 1.54) is 25.0 Å². The Labute approximate surface area is 118 Å². The van der Waals surface area contributed by atoms with Crippen LogP contribution in [0.5, 0.6) is 6.01 Å². The second-order valence-corrected chi connectivity index (χ2v) is 5.28. The SMILES string of the molecule is COc1ncc(Cl)c(NCCCCCCSC)n1. The molecule has 4 nitrogen and oxygen atoms in total. The van der Waals surface area contributed by atoms with Crippen molar-refractivity contribution in [2.24, 2.45) is 0 Å². The Morgan fingerprint density at radius 3 is 2.83 bits per heavy atom. The van der Waals surface area contributed by atoms with E-state index in [1.54, 1.807) is 13.3 Å². The van der Waals surface area contributed by atoms with Crippen LogP contribution in [0.3, 0.4) is 0 Å². The highest BCUT2D eigenvalue weighted by Crippen LogP contribution is 2.20. The van der Waals surface area contributed by atoms with Crippen LogP contribution in [0.4, 0.5) is 5.82 Å². The lowest BCUT2D eigenvalue weighted by atomic mass is 10.2. The minimum Gasteiger partial charge on any atom is -0.467 e. The molecule has 102 valence electrons. The summed E-state index contributed by atoms with van der Waals surface area (Å²) in [6.07, 6.45) is 8.62. The van der Waals surface area contributed by atoms with Crippen LogP contribution >= 0.6 is 23.4 Å². The molecule has 0 fully saturated rings. The van der Waals surface area contributed by atoms with Gasteiger partial charge >= 0.3 is 6.01 Å². The Balaban J connectivity index is 2.22. The fourth-order valence-electron chi connectivity index (χ4n) is 1.51. The molecule has 0 aliphatic heterocycles. The van der Waals surface area contributed by atoms with E-state index in [9.17, 15) is 0 Å². The molecule has 0 saturated carbocycles. The van der Waals surface area contributed by atoms with Crippen LogP contribution in [-0.2, 0) is 0 Å². The highest BCUT2D eigenvalue weighted by atomic mass is 35.5. The number of anilines is 1. The van der Waals surface area contributed by atoms with Crippen molar-refractivity contribution in [2.75, 3.05) is 31.0 Å². The number of hydrogen-bond donors (Lipinski definition) is 1. The molecule has 1 aromatic rings. The summed E-state index contributed by atoms with van der Waals surface area (Å²) in [6.45, 7) is 0.874. The zero-order valence-electron chi connectivity index (χ0n) is 10.9. The third-order valence-corrected chi connectivity index (χ3v) is 3.45. The summed E-state index contributed by atoms with van der Waals surface area (Å²) in [5.74, 6) is 1.90. The van der Waals surface area contributed by atoms with E-state index in [2.05, 4.69) is 21.5 Å². The van der Waals surface area contributed by atoms with Gasteiger partial charge in [0.05, 0.1) is 13.3 Å². The zero-order valence-corrected chi connectivity index (χ0v) is 12.5. The van der Waals surface area contributed by atoms with Crippen molar-refractivity contribution < 1.29 is 4.74 Å². The zero-order chi connectivity index (χ0) is 13.2. The Bertz CT molecular complexity index is 352. The van der Waals surface area contributed by atoms with E-state index in [0.717, 1.165) is 13.0 Å². The van der Waals surface area contributed by atoms with E-state index in [1.807, 2.05) is 11.8 Å². The molecule has 0 aliphatic rings. The summed E-state index contributed by atoms with van der Waals surface area (Å²) in [7, 11) is 1.54. The molecule has 0 unspecified atom stereocenters. The first-order valence-electron chi connectivity index (χ1n) is 6.07. The fourth-order valence-corrected chi connectivity index (χ4v) is 2.16. The van der Waals surface area contributed by atoms with Gasteiger partial charge in [-0.05, 0) is 24.9 Å². The third kappa shape index (κ3) is 5.78. The second-order valence-electron chi connectivity index (χ2n) is 3.89. The van der Waals surface area contributed by atoms with Crippen molar-refractivity contribution in [3.63, 3.8) is 0 Å². The number of hydrogen-bond acceptors (Lipinski definition) is 5. The Hall–Kier alpha value is -0.680. The van der Waals surface area contributed by atoms with Gasteiger partial charge < -0.3 is 10.1 Å². The summed E-state index contributed by atoms with van der Waals surface area (Å²) in [5, 5.41) is 3.74. The van der Waals surface area contributed by atoms with E-state index in [4.69, 9.17) is 16.3 Å². The van der Waals surface area contributed by atoms with Crippen LogP contribution in [0.25, 0.3) is 0 Å². The molecule has 1 aromatic heterocycles. The molecular weight excluding hydrogens is 270 g/mol. The highest BCUT2D eigenvalue weighted by molar-refractivity contribution is 7.98. The smallest absolute Gasteiger partial charge is 0.318 e. The van der Waals surface area contributed by atoms with E-state index in [-0.39, 0.29) is 0 Å². The molecule has 0 amide bonds. The molecule has 1 N–H and O–H groups in total. The minimum absolute atomic E-state index is 0.335. The average molecular weight is 290 g/mol. The summed E-state index contributed by atoms with van der Waals surface area (Å²) in [5.41, 5.74) is 0. The van der Waals surface area contributed by atoms with Gasteiger partial charge in [0.2, 0.25) is 0 Å². The van der Waals surface area contributed by atoms with Gasteiger partial charge in [-0.3, -0.25) is 0 Å². The molecule has 0 radical (unpaired) electrons. The standard InChI is InChI=1S/C12H20ClN3OS/c1-17-12-15-9-10(13)11(16-12)14-7-5-3-4-6-8-18-2/h9H,3-8H2,1-2H3,(H,14,15,16). The summed E-state index contributed by atoms with van der Waals surface area (Å²) < 4.78 is 4.96. The van der Waals surface area contributed by atoms with Gasteiger partial charge in [-0.15, -0.1) is 0 Å². The first-order valence-corrected chi connectivity index (χ1v) is 7.84. The number of unbranched alkanes of at least 4 members (excludes halogenated alkanes) is 3. The first kappa shape index (κ1) is 15.4. The Morgan fingerprint density at radius 1 is 1.33 bits per heavy atom. The maximum Gasteiger partial charge on any atom is 0.318 e. The van der Waals surface area contributed by atoms with Crippen LogP contribution in [0.15, 0.2) is 6.20 Å². The van der Waals surface area contributed by atoms with E-state index >= 15 is 0 Å². The molecule has 0 bridgehead atoms. The van der Waals surface area contributed by atoms with Gasteiger partial charge in [0.25, 0.3) is 0 Å². The van der Waals surface area contributed by atoms with Gasteiger partial charge in [-0.1, -0.05) is 24.4 Å². The number of ether oxygens (including phenoxy) is 1. The lowest BCUT2D eigenvalue weighted by Gasteiger charge is -2.08. The van der Waals surface area contributed by atoms with Crippen molar-refractivity contribution in [2.45, 2.75) is 25.7 Å². The number of aromatic nitrogens is 2. The predicted molar refractivity (Wildman–Crippen MR) is 78.9 cm³/mol. The predicted octanol–water partition coefficient (Wildman–Crippen LogP) is 3.47. The number of halogens is 1. The molecular formula is C12H20ClN3OS. The molecule has 0 spiro atoms. The van der Waals surface area contributed by atoms with Crippen LogP contribution in [0.2, 0.25) is 5.02 Å². The first-order chi connectivity index (χ1) is 8.77. The summed E-state index contributed by atoms with van der Waals surface area (Å²) >= 11 is 7.89. The van der Waals surface area contributed by atoms with Gasteiger partial charge in [-0.2, -0.15) is 16.7 Å². The van der Waals surface area contributed by atoms with Crippen LogP contribution < -0.4 is 10.1 Å². The molecule has 1 heterocycles. The van der Waals surface area contributed by atoms with Crippen LogP contribution in [0, 0.1) is 0 Å². The van der Waals surface area contributed by atoms with E-state index < -0.39 is 0 Å².